The van der Waals surface area contributed by atoms with Gasteiger partial charge in [0.1, 0.15) is 10.7 Å². The molecule has 1 heterocycles. The number of amides is 1. The van der Waals surface area contributed by atoms with Crippen LogP contribution in [0, 0.1) is 5.92 Å². The zero-order valence-corrected chi connectivity index (χ0v) is 11.8. The van der Waals surface area contributed by atoms with Crippen molar-refractivity contribution in [3.05, 3.63) is 16.1 Å². The summed E-state index contributed by atoms with van der Waals surface area (Å²) in [4.78, 5) is 16.3. The number of nitrogens with zero attached hydrogens (tertiary/aromatic N) is 1. The molecule has 0 aliphatic heterocycles. The van der Waals surface area contributed by atoms with Crippen molar-refractivity contribution in [1.82, 2.24) is 10.3 Å². The molecule has 3 N–H and O–H groups in total. The molecule has 2 rings (SSSR count). The van der Waals surface area contributed by atoms with E-state index < -0.39 is 0 Å². The Hall–Kier alpha value is -0.940. The van der Waals surface area contributed by atoms with Crippen molar-refractivity contribution in [2.45, 2.75) is 51.6 Å². The first-order valence-electron chi connectivity index (χ1n) is 6.60. The van der Waals surface area contributed by atoms with Crippen LogP contribution in [0.4, 0.5) is 0 Å². The van der Waals surface area contributed by atoms with Gasteiger partial charge in [-0.3, -0.25) is 4.79 Å². The first kappa shape index (κ1) is 13.5. The molecule has 1 aliphatic rings. The molecule has 1 aromatic rings. The number of carbonyl (C=O) groups is 1. The van der Waals surface area contributed by atoms with Gasteiger partial charge in [0.25, 0.3) is 5.91 Å². The lowest BCUT2D eigenvalue weighted by atomic mass is 10.00. The van der Waals surface area contributed by atoms with Gasteiger partial charge in [-0.15, -0.1) is 11.3 Å². The molecule has 100 valence electrons. The number of nitrogens with one attached hydrogen (secondary N) is 1. The molecule has 1 amide bonds. The van der Waals surface area contributed by atoms with Crippen LogP contribution < -0.4 is 11.1 Å². The molecule has 1 aromatic heterocycles. The zero-order valence-electron chi connectivity index (χ0n) is 11.0. The average molecular weight is 267 g/mol. The van der Waals surface area contributed by atoms with E-state index in [1.807, 2.05) is 6.92 Å². The molecule has 1 fully saturated rings. The highest BCUT2D eigenvalue weighted by Crippen LogP contribution is 2.27. The maximum absolute atomic E-state index is 12.0. The van der Waals surface area contributed by atoms with E-state index in [-0.39, 0.29) is 18.0 Å². The van der Waals surface area contributed by atoms with Gasteiger partial charge in [0.05, 0.1) is 6.04 Å². The van der Waals surface area contributed by atoms with Crippen LogP contribution in [0.3, 0.4) is 0 Å². The summed E-state index contributed by atoms with van der Waals surface area (Å²) in [6.45, 7) is 3.97. The van der Waals surface area contributed by atoms with E-state index in [1.165, 1.54) is 37.0 Å². The Kier molecular flexibility index (Phi) is 4.35. The van der Waals surface area contributed by atoms with Crippen LogP contribution in [0.5, 0.6) is 0 Å². The van der Waals surface area contributed by atoms with Crippen molar-refractivity contribution >= 4 is 17.2 Å². The van der Waals surface area contributed by atoms with Crippen LogP contribution in [0.1, 0.15) is 61.1 Å². The summed E-state index contributed by atoms with van der Waals surface area (Å²) in [6, 6.07) is 0.129. The summed E-state index contributed by atoms with van der Waals surface area (Å²) < 4.78 is 0. The Morgan fingerprint density at radius 3 is 2.72 bits per heavy atom. The monoisotopic (exact) mass is 267 g/mol. The average Bonchev–Trinajstić information content (AvgIpc) is 3.00. The molecule has 1 unspecified atom stereocenters. The molecular weight excluding hydrogens is 246 g/mol. The van der Waals surface area contributed by atoms with E-state index in [2.05, 4.69) is 17.2 Å². The van der Waals surface area contributed by atoms with Gasteiger partial charge in [0, 0.05) is 11.4 Å². The lowest BCUT2D eigenvalue weighted by molar-refractivity contribution is 0.0922. The predicted octanol–water partition coefficient (Wildman–Crippen LogP) is 2.47. The van der Waals surface area contributed by atoms with Crippen molar-refractivity contribution in [3.8, 4) is 0 Å². The highest BCUT2D eigenvalue weighted by Gasteiger charge is 2.24. The van der Waals surface area contributed by atoms with Gasteiger partial charge in [-0.05, 0) is 32.6 Å². The lowest BCUT2D eigenvalue weighted by Crippen LogP contribution is -2.37. The summed E-state index contributed by atoms with van der Waals surface area (Å²) in [5.74, 6) is 0.554. The fraction of sp³-hybridized carbons (Fsp3) is 0.692. The Labute approximate surface area is 112 Å². The van der Waals surface area contributed by atoms with Crippen molar-refractivity contribution < 1.29 is 4.79 Å². The van der Waals surface area contributed by atoms with Crippen LogP contribution in [-0.2, 0) is 0 Å². The van der Waals surface area contributed by atoms with Gasteiger partial charge in [0.15, 0.2) is 0 Å². The molecule has 18 heavy (non-hydrogen) atoms. The Bertz CT molecular complexity index is 410. The molecule has 0 saturated heterocycles. The van der Waals surface area contributed by atoms with E-state index in [4.69, 9.17) is 5.73 Å². The van der Waals surface area contributed by atoms with Gasteiger partial charge < -0.3 is 11.1 Å². The number of thiazole rings is 1. The fourth-order valence-electron chi connectivity index (χ4n) is 2.46. The molecule has 5 heteroatoms. The number of nitrogens with two attached hydrogens (primary N) is 1. The van der Waals surface area contributed by atoms with Gasteiger partial charge in [-0.25, -0.2) is 4.98 Å². The third kappa shape index (κ3) is 3.09. The molecule has 4 nitrogen and oxygen atoms in total. The Balaban J connectivity index is 1.93. The summed E-state index contributed by atoms with van der Waals surface area (Å²) in [7, 11) is 0. The summed E-state index contributed by atoms with van der Waals surface area (Å²) >= 11 is 1.45. The van der Waals surface area contributed by atoms with Crippen LogP contribution in [0.25, 0.3) is 0 Å². The second-order valence-corrected chi connectivity index (χ2v) is 6.06. The minimum Gasteiger partial charge on any atom is -0.348 e. The molecule has 1 aliphatic carbocycles. The second kappa shape index (κ2) is 5.80. The van der Waals surface area contributed by atoms with Gasteiger partial charge in [0.2, 0.25) is 0 Å². The van der Waals surface area contributed by atoms with E-state index in [0.717, 1.165) is 5.01 Å². The third-order valence-electron chi connectivity index (χ3n) is 3.61. The van der Waals surface area contributed by atoms with E-state index in [9.17, 15) is 4.79 Å². The van der Waals surface area contributed by atoms with Gasteiger partial charge in [-0.2, -0.15) is 0 Å². The number of hydrogen-bond acceptors (Lipinski definition) is 4. The normalized spacial score (nSPS) is 19.7. The van der Waals surface area contributed by atoms with Crippen molar-refractivity contribution in [2.75, 3.05) is 0 Å². The molecule has 0 spiro atoms. The third-order valence-corrected chi connectivity index (χ3v) is 4.66. The second-order valence-electron chi connectivity index (χ2n) is 5.17. The van der Waals surface area contributed by atoms with Crippen molar-refractivity contribution in [1.29, 1.82) is 0 Å². The smallest absolute Gasteiger partial charge is 0.270 e. The number of hydrogen-bond donors (Lipinski definition) is 2. The van der Waals surface area contributed by atoms with E-state index in [1.54, 1.807) is 5.38 Å². The molecule has 1 saturated carbocycles. The topological polar surface area (TPSA) is 68.0 Å². The molecule has 0 bridgehead atoms. The molecule has 0 radical (unpaired) electrons. The SMILES string of the molecule is CC(N)c1nc(C(=O)N[C@H](C)C2CCCC2)cs1. The fourth-order valence-corrected chi connectivity index (χ4v) is 3.21. The van der Waals surface area contributed by atoms with Crippen molar-refractivity contribution in [3.63, 3.8) is 0 Å². The van der Waals surface area contributed by atoms with E-state index >= 15 is 0 Å². The zero-order chi connectivity index (χ0) is 13.1. The maximum atomic E-state index is 12.0. The standard InChI is InChI=1S/C13H21N3OS/c1-8(14)13-16-11(7-18-13)12(17)15-9(2)10-5-3-4-6-10/h7-10H,3-6,14H2,1-2H3,(H,15,17)/t8?,9-/m1/s1. The van der Waals surface area contributed by atoms with Crippen LogP contribution in [0.2, 0.25) is 0 Å². The largest absolute Gasteiger partial charge is 0.348 e. The summed E-state index contributed by atoms with van der Waals surface area (Å²) in [5.41, 5.74) is 6.24. The predicted molar refractivity (Wildman–Crippen MR) is 73.6 cm³/mol. The minimum absolute atomic E-state index is 0.0717. The molecular formula is C13H21N3OS. The molecule has 0 aromatic carbocycles. The van der Waals surface area contributed by atoms with E-state index in [0.29, 0.717) is 11.6 Å². The quantitative estimate of drug-likeness (QED) is 0.880. The highest BCUT2D eigenvalue weighted by molar-refractivity contribution is 7.09. The maximum Gasteiger partial charge on any atom is 0.270 e. The van der Waals surface area contributed by atoms with Crippen LogP contribution >= 0.6 is 11.3 Å². The van der Waals surface area contributed by atoms with Crippen molar-refractivity contribution in [2.24, 2.45) is 11.7 Å². The Morgan fingerprint density at radius 1 is 1.50 bits per heavy atom. The van der Waals surface area contributed by atoms with Gasteiger partial charge >= 0.3 is 0 Å². The number of aromatic nitrogens is 1. The van der Waals surface area contributed by atoms with Crippen LogP contribution in [-0.4, -0.2) is 16.9 Å². The summed E-state index contributed by atoms with van der Waals surface area (Å²) in [5, 5.41) is 5.66. The van der Waals surface area contributed by atoms with Crippen LogP contribution in [0.15, 0.2) is 5.38 Å². The molecule has 2 atom stereocenters. The summed E-state index contributed by atoms with van der Waals surface area (Å²) in [6.07, 6.45) is 5.03. The number of rotatable bonds is 4. The number of carbonyl (C=O) groups excluding carboxylic acids is 1. The minimum atomic E-state index is -0.108. The first-order chi connectivity index (χ1) is 8.58. The Morgan fingerprint density at radius 2 is 2.17 bits per heavy atom. The highest BCUT2D eigenvalue weighted by atomic mass is 32.1. The first-order valence-corrected chi connectivity index (χ1v) is 7.47. The van der Waals surface area contributed by atoms with Gasteiger partial charge in [-0.1, -0.05) is 12.8 Å². The lowest BCUT2D eigenvalue weighted by Gasteiger charge is -2.19.